The van der Waals surface area contributed by atoms with Crippen molar-refractivity contribution in [3.05, 3.63) is 30.3 Å². The molecule has 0 spiro atoms. The third-order valence-electron chi connectivity index (χ3n) is 2.51. The summed E-state index contributed by atoms with van der Waals surface area (Å²) in [4.78, 5) is 11.6. The van der Waals surface area contributed by atoms with Gasteiger partial charge in [-0.3, -0.25) is 0 Å². The maximum absolute atomic E-state index is 12.4. The third-order valence-corrected chi connectivity index (χ3v) is 3.47. The van der Waals surface area contributed by atoms with Crippen molar-refractivity contribution < 1.29 is 35.3 Å². The van der Waals surface area contributed by atoms with E-state index >= 15 is 0 Å². The summed E-state index contributed by atoms with van der Waals surface area (Å²) in [6, 6.07) is 6.95. The molecule has 0 N–H and O–H groups in total. The molecule has 2 aromatic rings. The SMILES string of the molecule is COC(=O)n1c(OS(=O)(=O)C(F)(F)F)cc2ccccc21. The molecule has 1 aromatic heterocycles. The van der Waals surface area contributed by atoms with Crippen molar-refractivity contribution in [3.63, 3.8) is 0 Å². The fourth-order valence-corrected chi connectivity index (χ4v) is 2.07. The van der Waals surface area contributed by atoms with Gasteiger partial charge in [0.1, 0.15) is 0 Å². The maximum atomic E-state index is 12.4. The summed E-state index contributed by atoms with van der Waals surface area (Å²) in [5, 5.41) is 0.315. The van der Waals surface area contributed by atoms with Crippen LogP contribution in [0.25, 0.3) is 10.9 Å². The van der Waals surface area contributed by atoms with Gasteiger partial charge in [0.2, 0.25) is 5.88 Å². The molecular formula is C11H8F3NO5S. The molecule has 0 saturated heterocycles. The molecule has 0 saturated carbocycles. The fourth-order valence-electron chi connectivity index (χ4n) is 1.63. The zero-order valence-corrected chi connectivity index (χ0v) is 11.2. The number of rotatable bonds is 2. The van der Waals surface area contributed by atoms with Crippen LogP contribution in [0.3, 0.4) is 0 Å². The number of aromatic nitrogens is 1. The zero-order chi connectivity index (χ0) is 15.8. The lowest BCUT2D eigenvalue weighted by Gasteiger charge is -2.11. The van der Waals surface area contributed by atoms with E-state index in [9.17, 15) is 26.4 Å². The highest BCUT2D eigenvalue weighted by atomic mass is 32.2. The standard InChI is InChI=1S/C11H8F3NO5S/c1-19-10(16)15-8-5-3-2-4-7(8)6-9(15)20-21(17,18)11(12,13)14/h2-6H,1H3. The number of hydrogen-bond acceptors (Lipinski definition) is 5. The van der Waals surface area contributed by atoms with Gasteiger partial charge in [-0.25, -0.2) is 9.36 Å². The van der Waals surface area contributed by atoms with Gasteiger partial charge < -0.3 is 8.92 Å². The number of methoxy groups -OCH3 is 1. The lowest BCUT2D eigenvalue weighted by atomic mass is 10.2. The normalized spacial score (nSPS) is 12.4. The maximum Gasteiger partial charge on any atom is 0.534 e. The Morgan fingerprint density at radius 3 is 2.43 bits per heavy atom. The number of hydrogen-bond donors (Lipinski definition) is 0. The molecule has 0 atom stereocenters. The largest absolute Gasteiger partial charge is 0.534 e. The predicted molar refractivity (Wildman–Crippen MR) is 65.3 cm³/mol. The molecule has 0 fully saturated rings. The van der Waals surface area contributed by atoms with Crippen molar-refractivity contribution >= 4 is 27.1 Å². The average molecular weight is 323 g/mol. The minimum atomic E-state index is -5.89. The molecule has 0 aliphatic carbocycles. The van der Waals surface area contributed by atoms with Crippen LogP contribution in [0.1, 0.15) is 0 Å². The first-order chi connectivity index (χ1) is 9.67. The molecular weight excluding hydrogens is 315 g/mol. The average Bonchev–Trinajstić information content (AvgIpc) is 2.73. The van der Waals surface area contributed by atoms with Crippen LogP contribution in [0.5, 0.6) is 5.88 Å². The Labute approximate surface area is 116 Å². The molecule has 0 radical (unpaired) electrons. The number of carbonyl (C=O) groups excluding carboxylic acids is 1. The Morgan fingerprint density at radius 1 is 1.24 bits per heavy atom. The Balaban J connectivity index is 2.62. The number of fused-ring (bicyclic) bond motifs is 1. The highest BCUT2D eigenvalue weighted by Gasteiger charge is 2.49. The molecule has 6 nitrogen and oxygen atoms in total. The lowest BCUT2D eigenvalue weighted by Crippen LogP contribution is -2.29. The van der Waals surface area contributed by atoms with Crippen LogP contribution in [0.2, 0.25) is 0 Å². The third kappa shape index (κ3) is 2.66. The van der Waals surface area contributed by atoms with E-state index < -0.39 is 27.6 Å². The Hall–Kier alpha value is -2.23. The van der Waals surface area contributed by atoms with Crippen LogP contribution >= 0.6 is 0 Å². The van der Waals surface area contributed by atoms with Crippen molar-refractivity contribution in [3.8, 4) is 5.88 Å². The quantitative estimate of drug-likeness (QED) is 0.627. The van der Waals surface area contributed by atoms with Crippen molar-refractivity contribution in [2.24, 2.45) is 0 Å². The summed E-state index contributed by atoms with van der Waals surface area (Å²) < 4.78 is 68.2. The van der Waals surface area contributed by atoms with Crippen LogP contribution < -0.4 is 4.18 Å². The first-order valence-electron chi connectivity index (χ1n) is 5.37. The van der Waals surface area contributed by atoms with Gasteiger partial charge in [-0.2, -0.15) is 21.6 Å². The van der Waals surface area contributed by atoms with E-state index in [1.165, 1.54) is 18.2 Å². The molecule has 1 heterocycles. The molecule has 0 bridgehead atoms. The smallest absolute Gasteiger partial charge is 0.452 e. The van der Waals surface area contributed by atoms with Gasteiger partial charge in [-0.05, 0) is 6.07 Å². The second-order valence-corrected chi connectivity index (χ2v) is 5.37. The van der Waals surface area contributed by atoms with Gasteiger partial charge in [0, 0.05) is 11.5 Å². The number of halogens is 3. The van der Waals surface area contributed by atoms with Crippen molar-refractivity contribution in [2.45, 2.75) is 5.51 Å². The Bertz CT molecular complexity index is 794. The molecule has 114 valence electrons. The molecule has 0 aliphatic rings. The first kappa shape index (κ1) is 15.2. The topological polar surface area (TPSA) is 74.6 Å². The molecule has 2 rings (SSSR count). The van der Waals surface area contributed by atoms with E-state index in [4.69, 9.17) is 0 Å². The Morgan fingerprint density at radius 2 is 1.86 bits per heavy atom. The summed E-state index contributed by atoms with van der Waals surface area (Å²) in [5.41, 5.74) is -5.46. The van der Waals surface area contributed by atoms with Crippen molar-refractivity contribution in [2.75, 3.05) is 7.11 Å². The molecule has 10 heteroatoms. The highest BCUT2D eigenvalue weighted by molar-refractivity contribution is 7.87. The first-order valence-corrected chi connectivity index (χ1v) is 6.78. The molecule has 0 aliphatic heterocycles. The molecule has 0 unspecified atom stereocenters. The van der Waals surface area contributed by atoms with E-state index in [0.717, 1.165) is 13.2 Å². The van der Waals surface area contributed by atoms with Gasteiger partial charge in [0.15, 0.2) is 0 Å². The summed E-state index contributed by atoms with van der Waals surface area (Å²) in [6.45, 7) is 0. The number of ether oxygens (including phenoxy) is 1. The lowest BCUT2D eigenvalue weighted by molar-refractivity contribution is -0.0502. The van der Waals surface area contributed by atoms with Crippen LogP contribution in [-0.4, -0.2) is 31.7 Å². The van der Waals surface area contributed by atoms with Crippen LogP contribution in [0, 0.1) is 0 Å². The van der Waals surface area contributed by atoms with Crippen LogP contribution in [0.4, 0.5) is 18.0 Å². The van der Waals surface area contributed by atoms with Gasteiger partial charge in [-0.1, -0.05) is 18.2 Å². The number of benzene rings is 1. The second-order valence-electron chi connectivity index (χ2n) is 3.83. The summed E-state index contributed by atoms with van der Waals surface area (Å²) >= 11 is 0. The van der Waals surface area contributed by atoms with Gasteiger partial charge in [0.25, 0.3) is 0 Å². The van der Waals surface area contributed by atoms with E-state index in [1.807, 2.05) is 0 Å². The summed E-state index contributed by atoms with van der Waals surface area (Å²) in [7, 11) is -4.89. The zero-order valence-electron chi connectivity index (χ0n) is 10.4. The Kier molecular flexibility index (Phi) is 3.58. The van der Waals surface area contributed by atoms with Crippen LogP contribution in [0.15, 0.2) is 30.3 Å². The summed E-state index contributed by atoms with van der Waals surface area (Å²) in [5.74, 6) is -0.805. The molecule has 0 amide bonds. The predicted octanol–water partition coefficient (Wildman–Crippen LogP) is 2.48. The monoisotopic (exact) mass is 323 g/mol. The number of para-hydroxylation sites is 1. The van der Waals surface area contributed by atoms with Gasteiger partial charge in [-0.15, -0.1) is 0 Å². The number of nitrogens with zero attached hydrogens (tertiary/aromatic N) is 1. The van der Waals surface area contributed by atoms with E-state index in [0.29, 0.717) is 9.95 Å². The van der Waals surface area contributed by atoms with E-state index in [1.54, 1.807) is 6.07 Å². The highest BCUT2D eigenvalue weighted by Crippen LogP contribution is 2.31. The second kappa shape index (κ2) is 4.95. The fraction of sp³-hybridized carbons (Fsp3) is 0.182. The van der Waals surface area contributed by atoms with E-state index in [2.05, 4.69) is 8.92 Å². The minimum Gasteiger partial charge on any atom is -0.452 e. The molecule has 1 aromatic carbocycles. The van der Waals surface area contributed by atoms with Crippen molar-refractivity contribution in [1.29, 1.82) is 0 Å². The van der Waals surface area contributed by atoms with Gasteiger partial charge >= 0.3 is 21.7 Å². The van der Waals surface area contributed by atoms with Gasteiger partial charge in [0.05, 0.1) is 12.6 Å². The number of carbonyl (C=O) groups is 1. The van der Waals surface area contributed by atoms with Crippen molar-refractivity contribution in [1.82, 2.24) is 4.57 Å². The minimum absolute atomic E-state index is 0.150. The summed E-state index contributed by atoms with van der Waals surface area (Å²) in [6.07, 6.45) is -1.08. The number of alkyl halides is 3. The van der Waals surface area contributed by atoms with E-state index in [-0.39, 0.29) is 5.52 Å². The molecule has 21 heavy (non-hydrogen) atoms. The van der Waals surface area contributed by atoms with Crippen LogP contribution in [-0.2, 0) is 14.9 Å².